The number of hydrogen-bond donors (Lipinski definition) is 2. The topological polar surface area (TPSA) is 75.3 Å². The van der Waals surface area contributed by atoms with Crippen LogP contribution in [0.1, 0.15) is 72.7 Å². The molecule has 5 nitrogen and oxygen atoms in total. The van der Waals surface area contributed by atoms with Crippen LogP contribution in [-0.4, -0.2) is 17.6 Å². The minimum absolute atomic E-state index is 0.0894. The molecule has 1 unspecified atom stereocenters. The van der Waals surface area contributed by atoms with Gasteiger partial charge in [-0.2, -0.15) is 13.2 Å². The summed E-state index contributed by atoms with van der Waals surface area (Å²) in [6.07, 6.45) is -8.03. The van der Waals surface area contributed by atoms with Gasteiger partial charge in [-0.05, 0) is 55.0 Å². The lowest BCUT2D eigenvalue weighted by Gasteiger charge is -2.20. The molecule has 4 rings (SSSR count). The quantitative estimate of drug-likeness (QED) is 0.308. The van der Waals surface area contributed by atoms with E-state index in [4.69, 9.17) is 0 Å². The van der Waals surface area contributed by atoms with Gasteiger partial charge >= 0.3 is 6.18 Å². The summed E-state index contributed by atoms with van der Waals surface area (Å²) in [7, 11) is 0. The van der Waals surface area contributed by atoms with E-state index in [9.17, 15) is 45.1 Å². The van der Waals surface area contributed by atoms with Crippen LogP contribution in [0, 0.1) is 11.6 Å². The van der Waals surface area contributed by atoms with Crippen molar-refractivity contribution in [3.05, 3.63) is 99.1 Å². The Morgan fingerprint density at radius 1 is 0.946 bits per heavy atom. The molecule has 0 bridgehead atoms. The van der Waals surface area contributed by atoms with E-state index in [0.717, 1.165) is 37.3 Å². The van der Waals surface area contributed by atoms with Crippen LogP contribution < -0.4 is 10.6 Å². The SMILES string of the molecule is CC(=O)c1cc(NC(=O)c2cc(F)cc(C(F)(F)F)c2)c2c(c1)C(=O)NC2c1cc(F)ccc1C(F)F. The second-order valence-electron chi connectivity index (χ2n) is 8.20. The molecule has 3 aromatic rings. The van der Waals surface area contributed by atoms with Gasteiger partial charge in [0.1, 0.15) is 11.6 Å². The zero-order chi connectivity index (χ0) is 27.2. The first kappa shape index (κ1) is 25.9. The van der Waals surface area contributed by atoms with Gasteiger partial charge in [-0.1, -0.05) is 6.07 Å². The molecule has 37 heavy (non-hydrogen) atoms. The highest BCUT2D eigenvalue weighted by atomic mass is 19.4. The van der Waals surface area contributed by atoms with E-state index >= 15 is 0 Å². The van der Waals surface area contributed by atoms with Crippen LogP contribution in [0.2, 0.25) is 0 Å². The Morgan fingerprint density at radius 2 is 1.65 bits per heavy atom. The van der Waals surface area contributed by atoms with Crippen molar-refractivity contribution in [1.29, 1.82) is 0 Å². The number of carbonyl (C=O) groups is 3. The Balaban J connectivity index is 1.87. The van der Waals surface area contributed by atoms with Crippen molar-refractivity contribution in [3.8, 4) is 0 Å². The molecular weight excluding hydrogens is 509 g/mol. The third-order valence-corrected chi connectivity index (χ3v) is 5.73. The van der Waals surface area contributed by atoms with Crippen molar-refractivity contribution in [2.75, 3.05) is 5.32 Å². The van der Waals surface area contributed by atoms with E-state index in [2.05, 4.69) is 10.6 Å². The molecule has 0 aromatic heterocycles. The third-order valence-electron chi connectivity index (χ3n) is 5.73. The van der Waals surface area contributed by atoms with E-state index in [1.54, 1.807) is 0 Å². The number of hydrogen-bond acceptors (Lipinski definition) is 3. The van der Waals surface area contributed by atoms with Gasteiger partial charge in [0.05, 0.1) is 11.6 Å². The van der Waals surface area contributed by atoms with Crippen molar-refractivity contribution in [1.82, 2.24) is 5.32 Å². The third kappa shape index (κ3) is 5.04. The summed E-state index contributed by atoms with van der Waals surface area (Å²) in [4.78, 5) is 37.6. The van der Waals surface area contributed by atoms with Gasteiger partial charge < -0.3 is 10.6 Å². The highest BCUT2D eigenvalue weighted by Gasteiger charge is 2.37. The number of anilines is 1. The summed E-state index contributed by atoms with van der Waals surface area (Å²) in [5.41, 5.74) is -3.83. The summed E-state index contributed by atoms with van der Waals surface area (Å²) in [5, 5.41) is 4.65. The van der Waals surface area contributed by atoms with E-state index in [0.29, 0.717) is 12.1 Å². The van der Waals surface area contributed by atoms with E-state index in [-0.39, 0.29) is 34.0 Å². The molecule has 12 heteroatoms. The second-order valence-corrected chi connectivity index (χ2v) is 8.20. The molecule has 0 fully saturated rings. The van der Waals surface area contributed by atoms with Crippen molar-refractivity contribution >= 4 is 23.3 Å². The highest BCUT2D eigenvalue weighted by molar-refractivity contribution is 6.10. The van der Waals surface area contributed by atoms with E-state index < -0.39 is 64.6 Å². The number of Topliss-reactive ketones (excluding diaryl/α,β-unsaturated/α-hetero) is 1. The Hall–Kier alpha value is -4.22. The van der Waals surface area contributed by atoms with Gasteiger partial charge in [0, 0.05) is 33.5 Å². The van der Waals surface area contributed by atoms with Crippen molar-refractivity contribution in [3.63, 3.8) is 0 Å². The molecule has 0 saturated carbocycles. The van der Waals surface area contributed by atoms with Gasteiger partial charge in [0.15, 0.2) is 5.78 Å². The summed E-state index contributed by atoms with van der Waals surface area (Å²) in [6, 6.07) is 4.37. The number of rotatable bonds is 5. The molecule has 0 spiro atoms. The summed E-state index contributed by atoms with van der Waals surface area (Å²) in [6.45, 7) is 1.14. The lowest BCUT2D eigenvalue weighted by Crippen LogP contribution is -2.22. The zero-order valence-electron chi connectivity index (χ0n) is 18.6. The van der Waals surface area contributed by atoms with Crippen molar-refractivity contribution < 1.29 is 45.1 Å². The molecule has 0 saturated heterocycles. The number of alkyl halides is 5. The maximum atomic E-state index is 14.0. The van der Waals surface area contributed by atoms with Crippen LogP contribution in [0.4, 0.5) is 36.4 Å². The van der Waals surface area contributed by atoms with Crippen LogP contribution in [0.3, 0.4) is 0 Å². The number of nitrogens with one attached hydrogen (secondary N) is 2. The van der Waals surface area contributed by atoms with Crippen LogP contribution >= 0.6 is 0 Å². The molecule has 1 aliphatic rings. The number of benzene rings is 3. The average Bonchev–Trinajstić information content (AvgIpc) is 3.14. The molecule has 2 N–H and O–H groups in total. The van der Waals surface area contributed by atoms with Gasteiger partial charge in [0.25, 0.3) is 18.2 Å². The first-order valence-corrected chi connectivity index (χ1v) is 10.5. The fourth-order valence-electron chi connectivity index (χ4n) is 4.05. The predicted molar refractivity (Wildman–Crippen MR) is 116 cm³/mol. The van der Waals surface area contributed by atoms with Crippen molar-refractivity contribution in [2.24, 2.45) is 0 Å². The van der Waals surface area contributed by atoms with Gasteiger partial charge in [-0.15, -0.1) is 0 Å². The Morgan fingerprint density at radius 3 is 2.27 bits per heavy atom. The van der Waals surface area contributed by atoms with Gasteiger partial charge in [0.2, 0.25) is 0 Å². The normalized spacial score (nSPS) is 14.9. The fraction of sp³-hybridized carbons (Fsp3) is 0.160. The van der Waals surface area contributed by atoms with Crippen LogP contribution in [0.5, 0.6) is 0 Å². The molecule has 0 radical (unpaired) electrons. The monoisotopic (exact) mass is 524 g/mol. The molecule has 2 amide bonds. The first-order chi connectivity index (χ1) is 17.3. The standard InChI is InChI=1S/C25H15F7N2O3/c1-10(35)11-6-18-20(21(34-24(18)37)17-9-14(26)2-3-16(17)22(28)29)19(7-11)33-23(36)12-4-13(25(30,31)32)8-15(27)5-12/h2-9,21-22H,1H3,(H,33,36)(H,34,37). The maximum Gasteiger partial charge on any atom is 0.416 e. The average molecular weight is 524 g/mol. The molecule has 3 aromatic carbocycles. The minimum Gasteiger partial charge on any atom is -0.341 e. The molecular formula is C25H15F7N2O3. The lowest BCUT2D eigenvalue weighted by atomic mass is 9.91. The van der Waals surface area contributed by atoms with Crippen LogP contribution in [0.25, 0.3) is 0 Å². The molecule has 1 heterocycles. The second kappa shape index (κ2) is 9.34. The molecule has 0 aliphatic carbocycles. The van der Waals surface area contributed by atoms with E-state index in [1.807, 2.05) is 0 Å². The number of ketones is 1. The summed E-state index contributed by atoms with van der Waals surface area (Å²) >= 11 is 0. The number of carbonyl (C=O) groups excluding carboxylic acids is 3. The van der Waals surface area contributed by atoms with Gasteiger partial charge in [-0.25, -0.2) is 17.6 Å². The number of halogens is 7. The zero-order valence-corrected chi connectivity index (χ0v) is 18.6. The lowest BCUT2D eigenvalue weighted by molar-refractivity contribution is -0.137. The minimum atomic E-state index is -4.96. The van der Waals surface area contributed by atoms with Crippen molar-refractivity contribution in [2.45, 2.75) is 25.6 Å². The molecule has 1 atom stereocenters. The summed E-state index contributed by atoms with van der Waals surface area (Å²) < 4.78 is 94.5. The number of fused-ring (bicyclic) bond motifs is 1. The Kier molecular flexibility index (Phi) is 6.53. The smallest absolute Gasteiger partial charge is 0.341 e. The first-order valence-electron chi connectivity index (χ1n) is 10.5. The largest absolute Gasteiger partial charge is 0.416 e. The molecule has 1 aliphatic heterocycles. The maximum absolute atomic E-state index is 14.0. The van der Waals surface area contributed by atoms with Crippen LogP contribution in [-0.2, 0) is 6.18 Å². The Labute approximate surface area is 204 Å². The Bertz CT molecular complexity index is 1450. The van der Waals surface area contributed by atoms with Crippen LogP contribution in [0.15, 0.2) is 48.5 Å². The fourth-order valence-corrected chi connectivity index (χ4v) is 4.05. The summed E-state index contributed by atoms with van der Waals surface area (Å²) in [5.74, 6) is -4.86. The predicted octanol–water partition coefficient (Wildman–Crippen LogP) is 6.21. The number of amides is 2. The highest BCUT2D eigenvalue weighted by Crippen LogP contribution is 2.41. The molecule has 192 valence electrons. The van der Waals surface area contributed by atoms with Gasteiger partial charge in [-0.3, -0.25) is 14.4 Å². The van der Waals surface area contributed by atoms with E-state index in [1.165, 1.54) is 0 Å².